The van der Waals surface area contributed by atoms with E-state index in [9.17, 15) is 0 Å². The van der Waals surface area contributed by atoms with E-state index < -0.39 is 0 Å². The Balaban J connectivity index is 3.72. The molecule has 0 aliphatic carbocycles. The monoisotopic (exact) mass is 132 g/mol. The number of hydrogen-bond donors (Lipinski definition) is 1. The van der Waals surface area contributed by atoms with Crippen LogP contribution < -0.4 is 0 Å². The molecule has 48 valence electrons. The molecule has 3 heteroatoms. The van der Waals surface area contributed by atoms with Crippen LogP contribution in [-0.2, 0) is 0 Å². The van der Waals surface area contributed by atoms with Gasteiger partial charge in [0.05, 0.1) is 0 Å². The first-order valence-electron chi connectivity index (χ1n) is 2.46. The molecule has 0 aliphatic heterocycles. The lowest BCUT2D eigenvalue weighted by Crippen LogP contribution is -2.22. The standard InChI is InChI=1S/C5H12N2S/c1-6-5(4-8)7(2)3/h8H,4H2,1-3H3/b6-5+. The van der Waals surface area contributed by atoms with Crippen molar-refractivity contribution in [2.45, 2.75) is 0 Å². The third-order valence-corrected chi connectivity index (χ3v) is 1.20. The third-order valence-electron chi connectivity index (χ3n) is 0.916. The van der Waals surface area contributed by atoms with Crippen molar-refractivity contribution in [1.29, 1.82) is 0 Å². The average Bonchev–Trinajstić information content (AvgIpc) is 1.69. The molecule has 0 N–H and O–H groups in total. The van der Waals surface area contributed by atoms with E-state index in [-0.39, 0.29) is 0 Å². The van der Waals surface area contributed by atoms with Gasteiger partial charge in [-0.3, -0.25) is 4.99 Å². The molecule has 0 heterocycles. The molecular weight excluding hydrogens is 120 g/mol. The van der Waals surface area contributed by atoms with Crippen LogP contribution in [0.2, 0.25) is 0 Å². The second-order valence-corrected chi connectivity index (χ2v) is 2.01. The Morgan fingerprint density at radius 1 is 1.62 bits per heavy atom. The van der Waals surface area contributed by atoms with Crippen LogP contribution in [0, 0.1) is 0 Å². The van der Waals surface area contributed by atoms with Crippen LogP contribution in [0.5, 0.6) is 0 Å². The van der Waals surface area contributed by atoms with Crippen LogP contribution in [0.15, 0.2) is 4.99 Å². The fraction of sp³-hybridized carbons (Fsp3) is 0.800. The second-order valence-electron chi connectivity index (χ2n) is 1.69. The van der Waals surface area contributed by atoms with Crippen LogP contribution in [-0.4, -0.2) is 37.6 Å². The zero-order valence-electron chi connectivity index (χ0n) is 5.55. The summed E-state index contributed by atoms with van der Waals surface area (Å²) in [5.41, 5.74) is 0. The molecule has 0 saturated carbocycles. The predicted molar refractivity (Wildman–Crippen MR) is 40.9 cm³/mol. The van der Waals surface area contributed by atoms with Gasteiger partial charge in [-0.15, -0.1) is 0 Å². The molecular formula is C5H12N2S. The Morgan fingerprint density at radius 3 is 2.12 bits per heavy atom. The molecule has 0 aromatic heterocycles. The smallest absolute Gasteiger partial charge is 0.108 e. The molecule has 0 atom stereocenters. The van der Waals surface area contributed by atoms with Gasteiger partial charge in [0, 0.05) is 26.9 Å². The lowest BCUT2D eigenvalue weighted by atomic mass is 10.6. The number of rotatable bonds is 1. The lowest BCUT2D eigenvalue weighted by molar-refractivity contribution is 0.618. The molecule has 0 fully saturated rings. The van der Waals surface area contributed by atoms with Gasteiger partial charge in [-0.1, -0.05) is 0 Å². The first-order valence-corrected chi connectivity index (χ1v) is 3.09. The van der Waals surface area contributed by atoms with E-state index >= 15 is 0 Å². The largest absolute Gasteiger partial charge is 0.366 e. The van der Waals surface area contributed by atoms with Gasteiger partial charge < -0.3 is 4.90 Å². The van der Waals surface area contributed by atoms with E-state index in [0.29, 0.717) is 5.75 Å². The lowest BCUT2D eigenvalue weighted by Gasteiger charge is -2.11. The zero-order chi connectivity index (χ0) is 6.57. The van der Waals surface area contributed by atoms with Crippen molar-refractivity contribution in [3.8, 4) is 0 Å². The molecule has 0 saturated heterocycles. The van der Waals surface area contributed by atoms with Crippen molar-refractivity contribution in [3.05, 3.63) is 0 Å². The van der Waals surface area contributed by atoms with Crippen molar-refractivity contribution in [2.24, 2.45) is 4.99 Å². The number of hydrogen-bond acceptors (Lipinski definition) is 2. The van der Waals surface area contributed by atoms with Crippen molar-refractivity contribution in [2.75, 3.05) is 26.9 Å². The summed E-state index contributed by atoms with van der Waals surface area (Å²) in [7, 11) is 5.68. The van der Waals surface area contributed by atoms with E-state index in [2.05, 4.69) is 17.6 Å². The van der Waals surface area contributed by atoms with Gasteiger partial charge in [0.2, 0.25) is 0 Å². The maximum absolute atomic E-state index is 4.06. The maximum atomic E-state index is 4.06. The molecule has 8 heavy (non-hydrogen) atoms. The fourth-order valence-corrected chi connectivity index (χ4v) is 0.836. The highest BCUT2D eigenvalue weighted by atomic mass is 32.1. The number of nitrogens with zero attached hydrogens (tertiary/aromatic N) is 2. The summed E-state index contributed by atoms with van der Waals surface area (Å²) in [5, 5.41) is 0. The molecule has 0 amide bonds. The first kappa shape index (κ1) is 7.82. The normalized spacial score (nSPS) is 11.8. The molecule has 0 bridgehead atoms. The van der Waals surface area contributed by atoms with E-state index in [4.69, 9.17) is 0 Å². The molecule has 0 spiro atoms. The van der Waals surface area contributed by atoms with Gasteiger partial charge in [0.1, 0.15) is 5.84 Å². The Morgan fingerprint density at radius 2 is 2.12 bits per heavy atom. The van der Waals surface area contributed by atoms with Crippen molar-refractivity contribution in [3.63, 3.8) is 0 Å². The summed E-state index contributed by atoms with van der Waals surface area (Å²) in [6.45, 7) is 0. The molecule has 0 radical (unpaired) electrons. The van der Waals surface area contributed by atoms with Gasteiger partial charge in [-0.2, -0.15) is 12.6 Å². The van der Waals surface area contributed by atoms with Gasteiger partial charge in [0.15, 0.2) is 0 Å². The second kappa shape index (κ2) is 3.78. The van der Waals surface area contributed by atoms with E-state index in [1.165, 1.54) is 0 Å². The molecule has 0 rings (SSSR count). The minimum Gasteiger partial charge on any atom is -0.366 e. The van der Waals surface area contributed by atoms with Crippen molar-refractivity contribution >= 4 is 18.5 Å². The van der Waals surface area contributed by atoms with Crippen molar-refractivity contribution in [1.82, 2.24) is 4.90 Å². The van der Waals surface area contributed by atoms with Gasteiger partial charge >= 0.3 is 0 Å². The number of amidine groups is 1. The third kappa shape index (κ3) is 2.21. The summed E-state index contributed by atoms with van der Waals surface area (Å²) in [5.74, 6) is 1.72. The summed E-state index contributed by atoms with van der Waals surface area (Å²) in [4.78, 5) is 5.92. The van der Waals surface area contributed by atoms with Crippen molar-refractivity contribution < 1.29 is 0 Å². The summed E-state index contributed by atoms with van der Waals surface area (Å²) in [6, 6.07) is 0. The van der Waals surface area contributed by atoms with E-state index in [1.807, 2.05) is 19.0 Å². The Bertz CT molecular complexity index is 88.4. The SMILES string of the molecule is C/N=C(\CS)N(C)C. The Labute approximate surface area is 56.0 Å². The van der Waals surface area contributed by atoms with Crippen LogP contribution in [0.3, 0.4) is 0 Å². The van der Waals surface area contributed by atoms with Crippen LogP contribution in [0.25, 0.3) is 0 Å². The summed E-state index contributed by atoms with van der Waals surface area (Å²) in [6.07, 6.45) is 0. The van der Waals surface area contributed by atoms with Gasteiger partial charge in [0.25, 0.3) is 0 Å². The van der Waals surface area contributed by atoms with Crippen LogP contribution in [0.4, 0.5) is 0 Å². The summed E-state index contributed by atoms with van der Waals surface area (Å²) < 4.78 is 0. The molecule has 0 aliphatic rings. The molecule has 0 aromatic rings. The van der Waals surface area contributed by atoms with Crippen LogP contribution in [0.1, 0.15) is 0 Å². The quantitative estimate of drug-likeness (QED) is 0.312. The zero-order valence-corrected chi connectivity index (χ0v) is 6.44. The highest BCUT2D eigenvalue weighted by Gasteiger charge is 1.93. The molecule has 0 unspecified atom stereocenters. The minimum absolute atomic E-state index is 0.712. The maximum Gasteiger partial charge on any atom is 0.108 e. The number of aliphatic imine (C=N–C) groups is 1. The highest BCUT2D eigenvalue weighted by molar-refractivity contribution is 7.81. The van der Waals surface area contributed by atoms with E-state index in [1.54, 1.807) is 7.05 Å². The number of thiol groups is 1. The Hall–Kier alpha value is -0.180. The molecule has 0 aromatic carbocycles. The predicted octanol–water partition coefficient (Wildman–Crippen LogP) is 0.506. The average molecular weight is 132 g/mol. The summed E-state index contributed by atoms with van der Waals surface area (Å²) >= 11 is 4.06. The topological polar surface area (TPSA) is 15.6 Å². The Kier molecular flexibility index (Phi) is 3.69. The van der Waals surface area contributed by atoms with E-state index in [0.717, 1.165) is 5.84 Å². The fourth-order valence-electron chi connectivity index (χ4n) is 0.412. The molecule has 2 nitrogen and oxygen atoms in total. The van der Waals surface area contributed by atoms with Gasteiger partial charge in [-0.25, -0.2) is 0 Å². The van der Waals surface area contributed by atoms with Crippen LogP contribution >= 0.6 is 12.6 Å². The highest BCUT2D eigenvalue weighted by Crippen LogP contribution is 1.84. The minimum atomic E-state index is 0.712. The van der Waals surface area contributed by atoms with Gasteiger partial charge in [-0.05, 0) is 0 Å². The first-order chi connectivity index (χ1) is 3.72.